The average Bonchev–Trinajstić information content (AvgIpc) is 1.88. The highest BCUT2D eigenvalue weighted by atomic mass is 19.4. The minimum absolute atomic E-state index is 2.49. The molecule has 0 saturated carbocycles. The molecule has 0 aliphatic rings. The second-order valence-corrected chi connectivity index (χ2v) is 1.25. The van der Waals surface area contributed by atoms with Crippen LogP contribution in [0.1, 0.15) is 0 Å². The Hall–Kier alpha value is -0.720. The summed E-state index contributed by atoms with van der Waals surface area (Å²) in [5.74, 6) is 0. The molecule has 0 saturated heterocycles. The number of halogens is 6. The van der Waals surface area contributed by atoms with Crippen molar-refractivity contribution in [3.05, 3.63) is 13.2 Å². The molecule has 0 aromatic carbocycles. The second-order valence-electron chi connectivity index (χ2n) is 1.25. The van der Waals surface area contributed by atoms with Gasteiger partial charge in [-0.1, -0.05) is 0 Å². The molecule has 0 aromatic rings. The Balaban J connectivity index is 0. The molecular formula is C5H6F6O. The molecule has 0 fully saturated rings. The molecule has 0 radical (unpaired) electrons. The molecule has 12 heavy (non-hydrogen) atoms. The van der Waals surface area contributed by atoms with E-state index in [2.05, 4.69) is 17.9 Å². The average molecular weight is 196 g/mol. The third-order valence-electron chi connectivity index (χ3n) is 0.480. The second kappa shape index (κ2) is 5.87. The molecule has 0 spiro atoms. The maximum atomic E-state index is 11.3. The Kier molecular flexibility index (Phi) is 6.77. The lowest BCUT2D eigenvalue weighted by Gasteiger charge is -2.11. The quantitative estimate of drug-likeness (QED) is 0.487. The lowest BCUT2D eigenvalue weighted by atomic mass is 10.7. The molecule has 0 amide bonds. The number of hydrogen-bond acceptors (Lipinski definition) is 1. The van der Waals surface area contributed by atoms with E-state index in [1.165, 1.54) is 0 Å². The van der Waals surface area contributed by atoms with E-state index in [1.807, 2.05) is 0 Å². The van der Waals surface area contributed by atoms with Gasteiger partial charge in [0.2, 0.25) is 0 Å². The van der Waals surface area contributed by atoms with Gasteiger partial charge in [-0.2, -0.15) is 22.0 Å². The lowest BCUT2D eigenvalue weighted by Crippen LogP contribution is -2.28. The fraction of sp³-hybridized carbons (Fsp3) is 0.600. The zero-order valence-electron chi connectivity index (χ0n) is 5.74. The summed E-state index contributed by atoms with van der Waals surface area (Å²) in [7, 11) is 0. The normalized spacial score (nSPS) is 13.6. The minimum Gasteiger partial charge on any atom is -0.279 e. The fourth-order valence-electron chi connectivity index (χ4n) is 0.167. The maximum Gasteiger partial charge on any atom is 0.445 e. The van der Waals surface area contributed by atoms with Crippen LogP contribution >= 0.6 is 0 Å². The molecule has 0 heterocycles. The van der Waals surface area contributed by atoms with Crippen LogP contribution in [0.5, 0.6) is 0 Å². The van der Waals surface area contributed by atoms with Crippen LogP contribution in [0.2, 0.25) is 0 Å². The first-order valence-corrected chi connectivity index (χ1v) is 2.48. The predicted octanol–water partition coefficient (Wildman–Crippen LogP) is 2.89. The van der Waals surface area contributed by atoms with Crippen molar-refractivity contribution in [2.75, 3.05) is 0 Å². The summed E-state index contributed by atoms with van der Waals surface area (Å²) in [6.45, 7) is 2.25. The van der Waals surface area contributed by atoms with Gasteiger partial charge in [0, 0.05) is 0 Å². The molecule has 0 aromatic heterocycles. The molecule has 0 bridgehead atoms. The number of rotatable bonds is 2. The van der Waals surface area contributed by atoms with E-state index in [0.29, 0.717) is 0 Å². The van der Waals surface area contributed by atoms with Crippen molar-refractivity contribution in [1.82, 2.24) is 0 Å². The van der Waals surface area contributed by atoms with Crippen molar-refractivity contribution in [1.29, 1.82) is 0 Å². The van der Waals surface area contributed by atoms with Crippen LogP contribution < -0.4 is 0 Å². The Morgan fingerprint density at radius 1 is 1.00 bits per heavy atom. The molecule has 0 rings (SSSR count). The van der Waals surface area contributed by atoms with Gasteiger partial charge >= 0.3 is 12.8 Å². The van der Waals surface area contributed by atoms with E-state index >= 15 is 0 Å². The van der Waals surface area contributed by atoms with E-state index in [-0.39, 0.29) is 0 Å². The first-order chi connectivity index (χ1) is 5.34. The van der Waals surface area contributed by atoms with Crippen LogP contribution in [0.3, 0.4) is 0 Å². The largest absolute Gasteiger partial charge is 0.445 e. The van der Waals surface area contributed by atoms with Crippen molar-refractivity contribution in [3.63, 3.8) is 0 Å². The highest BCUT2D eigenvalue weighted by Gasteiger charge is 2.43. The van der Waals surface area contributed by atoms with Crippen molar-refractivity contribution in [3.8, 4) is 0 Å². The smallest absolute Gasteiger partial charge is 0.279 e. The van der Waals surface area contributed by atoms with E-state index in [1.54, 1.807) is 0 Å². The van der Waals surface area contributed by atoms with Crippen LogP contribution in [0.4, 0.5) is 26.3 Å². The van der Waals surface area contributed by atoms with Crippen molar-refractivity contribution < 1.29 is 31.1 Å². The fourth-order valence-corrected chi connectivity index (χ4v) is 0.167. The number of alkyl halides is 6. The molecule has 1 atom stereocenters. The minimum atomic E-state index is -5.38. The Bertz CT molecular complexity index is 111. The SMILES string of the molecule is C=C.FC(F)OC(F)C(F)(F)F. The van der Waals surface area contributed by atoms with Gasteiger partial charge in [0.05, 0.1) is 0 Å². The van der Waals surface area contributed by atoms with Crippen LogP contribution in [0, 0.1) is 0 Å². The third-order valence-corrected chi connectivity index (χ3v) is 0.480. The molecule has 1 nitrogen and oxygen atoms in total. The van der Waals surface area contributed by atoms with Gasteiger partial charge < -0.3 is 0 Å². The van der Waals surface area contributed by atoms with Crippen LogP contribution in [0.15, 0.2) is 13.2 Å². The molecule has 0 aliphatic heterocycles. The zero-order chi connectivity index (χ0) is 10.4. The zero-order valence-corrected chi connectivity index (χ0v) is 5.74. The Morgan fingerprint density at radius 3 is 1.42 bits per heavy atom. The van der Waals surface area contributed by atoms with Crippen molar-refractivity contribution >= 4 is 0 Å². The number of hydrogen-bond donors (Lipinski definition) is 0. The highest BCUT2D eigenvalue weighted by molar-refractivity contribution is 4.52. The highest BCUT2D eigenvalue weighted by Crippen LogP contribution is 2.24. The van der Waals surface area contributed by atoms with Gasteiger partial charge in [-0.05, 0) is 0 Å². The maximum absolute atomic E-state index is 11.3. The molecule has 0 N–H and O–H groups in total. The van der Waals surface area contributed by atoms with E-state index in [4.69, 9.17) is 0 Å². The summed E-state index contributed by atoms with van der Waals surface area (Å²) in [6, 6.07) is 0. The van der Waals surface area contributed by atoms with Gasteiger partial charge in [-0.3, -0.25) is 4.74 Å². The molecular weight excluding hydrogens is 190 g/mol. The van der Waals surface area contributed by atoms with Gasteiger partial charge in [0.1, 0.15) is 0 Å². The topological polar surface area (TPSA) is 9.23 Å². The first kappa shape index (κ1) is 13.8. The van der Waals surface area contributed by atoms with Crippen LogP contribution in [-0.2, 0) is 4.74 Å². The summed E-state index contributed by atoms with van der Waals surface area (Å²) in [6.07, 6.45) is -9.29. The summed E-state index contributed by atoms with van der Waals surface area (Å²) in [5, 5.41) is 0. The van der Waals surface area contributed by atoms with Gasteiger partial charge in [-0.15, -0.1) is 13.2 Å². The summed E-state index contributed by atoms with van der Waals surface area (Å²) in [4.78, 5) is 0. The van der Waals surface area contributed by atoms with Gasteiger partial charge in [0.25, 0.3) is 6.36 Å². The standard InChI is InChI=1S/C3H2F6O.C2H4/c4-1(3(7,8)9)10-2(5)6;1-2/h1-2H;1-2H2. The summed E-state index contributed by atoms with van der Waals surface area (Å²) in [5.41, 5.74) is 0. The monoisotopic (exact) mass is 196 g/mol. The summed E-state index contributed by atoms with van der Waals surface area (Å²) >= 11 is 0. The molecule has 0 aliphatic carbocycles. The van der Waals surface area contributed by atoms with E-state index < -0.39 is 19.1 Å². The van der Waals surface area contributed by atoms with Gasteiger partial charge in [-0.25, -0.2) is 4.39 Å². The molecule has 1 unspecified atom stereocenters. The van der Waals surface area contributed by atoms with Crippen molar-refractivity contribution in [2.45, 2.75) is 19.1 Å². The molecule has 7 heteroatoms. The predicted molar refractivity (Wildman–Crippen MR) is 29.3 cm³/mol. The van der Waals surface area contributed by atoms with Crippen LogP contribution in [-0.4, -0.2) is 19.1 Å². The van der Waals surface area contributed by atoms with E-state index in [9.17, 15) is 26.3 Å². The van der Waals surface area contributed by atoms with E-state index in [0.717, 1.165) is 0 Å². The van der Waals surface area contributed by atoms with Crippen molar-refractivity contribution in [2.24, 2.45) is 0 Å². The lowest BCUT2D eigenvalue weighted by molar-refractivity contribution is -0.312. The Labute approximate surface area is 64.6 Å². The molecule has 74 valence electrons. The summed E-state index contributed by atoms with van der Waals surface area (Å²) < 4.78 is 68.5. The van der Waals surface area contributed by atoms with Gasteiger partial charge in [0.15, 0.2) is 0 Å². The third kappa shape index (κ3) is 7.39. The van der Waals surface area contributed by atoms with Crippen LogP contribution in [0.25, 0.3) is 0 Å². The Morgan fingerprint density at radius 2 is 1.33 bits per heavy atom. The number of ether oxygens (including phenoxy) is 1. The first-order valence-electron chi connectivity index (χ1n) is 2.48.